The minimum Gasteiger partial charge on any atom is -0.490 e. The number of nitrogens with one attached hydrogen (secondary N) is 1. The van der Waals surface area contributed by atoms with E-state index in [-0.39, 0.29) is 5.75 Å². The first-order valence-corrected chi connectivity index (χ1v) is 7.03. The van der Waals surface area contributed by atoms with Gasteiger partial charge in [-0.2, -0.15) is 0 Å². The number of hydrogen-bond acceptors (Lipinski definition) is 4. The molecule has 0 fully saturated rings. The summed E-state index contributed by atoms with van der Waals surface area (Å²) >= 11 is 0. The van der Waals surface area contributed by atoms with E-state index in [0.29, 0.717) is 24.5 Å². The summed E-state index contributed by atoms with van der Waals surface area (Å²) in [7, 11) is 1.95. The Kier molecular flexibility index (Phi) is 5.03. The number of nitrogens with zero attached hydrogens (tertiary/aromatic N) is 2. The maximum absolute atomic E-state index is 13.7. The number of hydrogen-bond donors (Lipinski definition) is 2. The van der Waals surface area contributed by atoms with Gasteiger partial charge >= 0.3 is 0 Å². The zero-order chi connectivity index (χ0) is 15.2. The van der Waals surface area contributed by atoms with Gasteiger partial charge in [-0.1, -0.05) is 6.92 Å². The quantitative estimate of drug-likeness (QED) is 0.770. The van der Waals surface area contributed by atoms with Crippen LogP contribution >= 0.6 is 0 Å². The number of halogens is 1. The average molecular weight is 292 g/mol. The number of benzene rings is 1. The smallest absolute Gasteiger partial charge is 0.167 e. The van der Waals surface area contributed by atoms with E-state index in [2.05, 4.69) is 10.3 Å². The molecule has 0 bridgehead atoms. The highest BCUT2D eigenvalue weighted by Gasteiger charge is 2.09. The minimum atomic E-state index is -0.435. The standard InChI is InChI=1S/C15H21FN4O/c1-3-8-21-14-10-13(12(17)9-11(14)16)18-5-4-15-19-6-7-20(15)2/h6-7,9-10,18H,3-5,8,17H2,1-2H3. The zero-order valence-electron chi connectivity index (χ0n) is 12.4. The molecule has 0 saturated heterocycles. The maximum atomic E-state index is 13.7. The van der Waals surface area contributed by atoms with Gasteiger partial charge in [-0.15, -0.1) is 0 Å². The van der Waals surface area contributed by atoms with Crippen LogP contribution in [0.3, 0.4) is 0 Å². The van der Waals surface area contributed by atoms with Crippen LogP contribution in [0, 0.1) is 5.82 Å². The maximum Gasteiger partial charge on any atom is 0.167 e. The van der Waals surface area contributed by atoms with E-state index in [9.17, 15) is 4.39 Å². The van der Waals surface area contributed by atoms with Crippen LogP contribution in [0.1, 0.15) is 19.2 Å². The fraction of sp³-hybridized carbons (Fsp3) is 0.400. The topological polar surface area (TPSA) is 65.1 Å². The van der Waals surface area contributed by atoms with Gasteiger partial charge in [-0.25, -0.2) is 9.37 Å². The summed E-state index contributed by atoms with van der Waals surface area (Å²) in [6, 6.07) is 2.90. The van der Waals surface area contributed by atoms with Crippen molar-refractivity contribution >= 4 is 11.4 Å². The second-order valence-electron chi connectivity index (χ2n) is 4.85. The average Bonchev–Trinajstić information content (AvgIpc) is 2.85. The van der Waals surface area contributed by atoms with Crippen molar-refractivity contribution in [2.45, 2.75) is 19.8 Å². The molecule has 0 unspecified atom stereocenters. The number of anilines is 2. The first-order valence-electron chi connectivity index (χ1n) is 7.03. The number of nitrogen functional groups attached to an aromatic ring is 1. The molecule has 114 valence electrons. The summed E-state index contributed by atoms with van der Waals surface area (Å²) in [6.07, 6.45) is 5.24. The van der Waals surface area contributed by atoms with Crippen molar-refractivity contribution in [1.82, 2.24) is 9.55 Å². The van der Waals surface area contributed by atoms with Gasteiger partial charge in [-0.05, 0) is 6.42 Å². The summed E-state index contributed by atoms with van der Waals surface area (Å²) in [5, 5.41) is 3.20. The van der Waals surface area contributed by atoms with E-state index >= 15 is 0 Å². The van der Waals surface area contributed by atoms with Crippen LogP contribution < -0.4 is 15.8 Å². The van der Waals surface area contributed by atoms with E-state index in [1.54, 1.807) is 12.3 Å². The Morgan fingerprint density at radius 3 is 2.90 bits per heavy atom. The van der Waals surface area contributed by atoms with Crippen molar-refractivity contribution in [3.05, 3.63) is 36.2 Å². The van der Waals surface area contributed by atoms with Crippen molar-refractivity contribution in [3.8, 4) is 5.75 Å². The van der Waals surface area contributed by atoms with Gasteiger partial charge in [0.05, 0.1) is 18.0 Å². The lowest BCUT2D eigenvalue weighted by atomic mass is 10.2. The Hall–Kier alpha value is -2.24. The lowest BCUT2D eigenvalue weighted by molar-refractivity contribution is 0.301. The summed E-state index contributed by atoms with van der Waals surface area (Å²) in [6.45, 7) is 3.11. The third-order valence-corrected chi connectivity index (χ3v) is 3.15. The minimum absolute atomic E-state index is 0.227. The molecule has 0 aliphatic heterocycles. The number of aryl methyl sites for hydroxylation is 1. The predicted molar refractivity (Wildman–Crippen MR) is 82.0 cm³/mol. The van der Waals surface area contributed by atoms with Crippen molar-refractivity contribution in [2.24, 2.45) is 7.05 Å². The molecular weight excluding hydrogens is 271 g/mol. The summed E-state index contributed by atoms with van der Waals surface area (Å²) in [4.78, 5) is 4.25. The number of aromatic nitrogens is 2. The lowest BCUT2D eigenvalue weighted by Gasteiger charge is -2.13. The third-order valence-electron chi connectivity index (χ3n) is 3.15. The molecule has 0 saturated carbocycles. The fourth-order valence-corrected chi connectivity index (χ4v) is 1.99. The van der Waals surface area contributed by atoms with Gasteiger partial charge in [0.25, 0.3) is 0 Å². The molecule has 0 radical (unpaired) electrons. The van der Waals surface area contributed by atoms with Crippen molar-refractivity contribution in [2.75, 3.05) is 24.2 Å². The van der Waals surface area contributed by atoms with Crippen LogP contribution in [-0.2, 0) is 13.5 Å². The molecule has 2 rings (SSSR count). The molecule has 2 aromatic rings. The molecule has 0 aliphatic rings. The van der Waals surface area contributed by atoms with Gasteiger partial charge < -0.3 is 20.4 Å². The first-order chi connectivity index (χ1) is 10.1. The van der Waals surface area contributed by atoms with Crippen LogP contribution in [0.2, 0.25) is 0 Å². The number of rotatable bonds is 7. The van der Waals surface area contributed by atoms with E-state index in [1.165, 1.54) is 6.07 Å². The molecule has 5 nitrogen and oxygen atoms in total. The normalized spacial score (nSPS) is 10.6. The molecule has 1 aromatic carbocycles. The van der Waals surface area contributed by atoms with Gasteiger partial charge in [0, 0.05) is 44.5 Å². The Morgan fingerprint density at radius 1 is 1.43 bits per heavy atom. The second kappa shape index (κ2) is 6.97. The van der Waals surface area contributed by atoms with Crippen molar-refractivity contribution < 1.29 is 9.13 Å². The molecule has 0 spiro atoms. The Morgan fingerprint density at radius 2 is 2.24 bits per heavy atom. The van der Waals surface area contributed by atoms with Crippen LogP contribution in [0.15, 0.2) is 24.5 Å². The largest absolute Gasteiger partial charge is 0.490 e. The third kappa shape index (κ3) is 3.87. The molecular formula is C15H21FN4O. The Labute approximate surface area is 123 Å². The molecule has 1 heterocycles. The molecule has 6 heteroatoms. The summed E-state index contributed by atoms with van der Waals surface area (Å²) < 4.78 is 21.0. The van der Waals surface area contributed by atoms with Gasteiger partial charge in [0.15, 0.2) is 11.6 Å². The van der Waals surface area contributed by atoms with Crippen molar-refractivity contribution in [1.29, 1.82) is 0 Å². The van der Waals surface area contributed by atoms with Crippen LogP contribution in [-0.4, -0.2) is 22.7 Å². The van der Waals surface area contributed by atoms with E-state index < -0.39 is 5.82 Å². The Bertz CT molecular complexity index is 597. The van der Waals surface area contributed by atoms with E-state index in [1.807, 2.05) is 24.7 Å². The van der Waals surface area contributed by atoms with Gasteiger partial charge in [-0.3, -0.25) is 0 Å². The SMILES string of the molecule is CCCOc1cc(NCCc2nccn2C)c(N)cc1F. The fourth-order valence-electron chi connectivity index (χ4n) is 1.99. The highest BCUT2D eigenvalue weighted by Crippen LogP contribution is 2.28. The number of imidazole rings is 1. The Balaban J connectivity index is 2.00. The highest BCUT2D eigenvalue weighted by atomic mass is 19.1. The van der Waals surface area contributed by atoms with Gasteiger partial charge in [0.1, 0.15) is 5.82 Å². The van der Waals surface area contributed by atoms with Crippen LogP contribution in [0.25, 0.3) is 0 Å². The predicted octanol–water partition coefficient (Wildman–Crippen LogP) is 2.58. The molecule has 0 atom stereocenters. The number of ether oxygens (including phenoxy) is 1. The first kappa shape index (κ1) is 15.2. The molecule has 1 aromatic heterocycles. The molecule has 3 N–H and O–H groups in total. The molecule has 0 amide bonds. The molecule has 0 aliphatic carbocycles. The van der Waals surface area contributed by atoms with E-state index in [4.69, 9.17) is 10.5 Å². The highest BCUT2D eigenvalue weighted by molar-refractivity contribution is 5.68. The van der Waals surface area contributed by atoms with Crippen LogP contribution in [0.4, 0.5) is 15.8 Å². The monoisotopic (exact) mass is 292 g/mol. The van der Waals surface area contributed by atoms with Crippen LogP contribution in [0.5, 0.6) is 5.75 Å². The summed E-state index contributed by atoms with van der Waals surface area (Å²) in [5.41, 5.74) is 6.88. The summed E-state index contributed by atoms with van der Waals surface area (Å²) in [5.74, 6) is 0.770. The van der Waals surface area contributed by atoms with E-state index in [0.717, 1.165) is 18.7 Å². The molecule has 21 heavy (non-hydrogen) atoms. The van der Waals surface area contributed by atoms with Crippen molar-refractivity contribution in [3.63, 3.8) is 0 Å². The van der Waals surface area contributed by atoms with Gasteiger partial charge in [0.2, 0.25) is 0 Å². The lowest BCUT2D eigenvalue weighted by Crippen LogP contribution is -2.10. The zero-order valence-corrected chi connectivity index (χ0v) is 12.4. The number of nitrogens with two attached hydrogens (primary N) is 1. The second-order valence-corrected chi connectivity index (χ2v) is 4.85.